The normalized spacial score (nSPS) is 15.1. The van der Waals surface area contributed by atoms with Crippen molar-refractivity contribution in [2.24, 2.45) is 0 Å². The van der Waals surface area contributed by atoms with Crippen molar-refractivity contribution in [3.63, 3.8) is 0 Å². The molecule has 0 spiro atoms. The van der Waals surface area contributed by atoms with Crippen LogP contribution in [0.3, 0.4) is 0 Å². The summed E-state index contributed by atoms with van der Waals surface area (Å²) < 4.78 is 31.4. The van der Waals surface area contributed by atoms with E-state index in [-0.39, 0.29) is 5.66 Å². The molecule has 200 valence electrons. The molecule has 1 aliphatic rings. The second-order valence-corrected chi connectivity index (χ2v) is 17.2. The largest absolute Gasteiger partial charge is 0.313 e. The van der Waals surface area contributed by atoms with E-state index in [1.807, 2.05) is 127 Å². The van der Waals surface area contributed by atoms with E-state index in [0.29, 0.717) is 6.42 Å². The molecule has 0 bridgehead atoms. The van der Waals surface area contributed by atoms with Crippen molar-refractivity contribution in [2.45, 2.75) is 12.1 Å². The van der Waals surface area contributed by atoms with E-state index < -0.39 is 14.3 Å². The minimum absolute atomic E-state index is 0.170. The van der Waals surface area contributed by atoms with E-state index in [1.165, 1.54) is 10.4 Å². The van der Waals surface area contributed by atoms with E-state index >= 15 is 9.13 Å². The highest BCUT2D eigenvalue weighted by Crippen LogP contribution is 2.53. The van der Waals surface area contributed by atoms with Gasteiger partial charge in [0.1, 0.15) is 7.14 Å². The van der Waals surface area contributed by atoms with E-state index in [9.17, 15) is 0 Å². The van der Waals surface area contributed by atoms with Crippen LogP contribution in [-0.2, 0) is 15.6 Å². The Bertz CT molecular complexity index is 1880. The van der Waals surface area contributed by atoms with Crippen molar-refractivity contribution in [2.75, 3.05) is 0 Å². The number of fused-ring (bicyclic) bond motifs is 3. The molecule has 5 aromatic carbocycles. The molecule has 1 atom stereocenters. The summed E-state index contributed by atoms with van der Waals surface area (Å²) in [7, 11) is -6.09. The van der Waals surface area contributed by atoms with Gasteiger partial charge in [-0.2, -0.15) is 0 Å². The van der Waals surface area contributed by atoms with Gasteiger partial charge in [-0.1, -0.05) is 127 Å². The monoisotopic (exact) mass is 586 g/mol. The second kappa shape index (κ2) is 10.6. The van der Waals surface area contributed by atoms with Crippen LogP contribution in [0.25, 0.3) is 16.2 Å². The number of hydrogen-bond donors (Lipinski definition) is 0. The summed E-state index contributed by atoms with van der Waals surface area (Å²) in [6, 6.07) is 45.7. The Kier molecular flexibility index (Phi) is 6.76. The molecule has 0 radical (unpaired) electrons. The average Bonchev–Trinajstić information content (AvgIpc) is 3.43. The van der Waals surface area contributed by atoms with E-state index in [0.717, 1.165) is 36.6 Å². The summed E-state index contributed by atoms with van der Waals surface area (Å²) in [6.07, 6.45) is 4.97. The van der Waals surface area contributed by atoms with E-state index in [4.69, 9.17) is 0 Å². The van der Waals surface area contributed by atoms with Crippen LogP contribution in [0.2, 0.25) is 0 Å². The van der Waals surface area contributed by atoms with Crippen molar-refractivity contribution >= 4 is 68.3 Å². The summed E-state index contributed by atoms with van der Waals surface area (Å²) >= 11 is 1.75. The highest BCUT2D eigenvalue weighted by molar-refractivity contribution is 7.85. The van der Waals surface area contributed by atoms with Gasteiger partial charge in [0.05, 0.1) is 0 Å². The highest BCUT2D eigenvalue weighted by Gasteiger charge is 2.38. The molecule has 1 aromatic heterocycles. The van der Waals surface area contributed by atoms with Gasteiger partial charge in [0.2, 0.25) is 0 Å². The van der Waals surface area contributed by atoms with Crippen LogP contribution in [-0.4, -0.2) is 5.66 Å². The Morgan fingerprint density at radius 1 is 0.561 bits per heavy atom. The smallest absolute Gasteiger partial charge is 0.171 e. The van der Waals surface area contributed by atoms with Crippen LogP contribution in [0.4, 0.5) is 0 Å². The average molecular weight is 587 g/mol. The van der Waals surface area contributed by atoms with Crippen LogP contribution in [0.5, 0.6) is 0 Å². The molecule has 1 heterocycles. The molecule has 7 rings (SSSR count). The van der Waals surface area contributed by atoms with Gasteiger partial charge in [0.15, 0.2) is 7.14 Å². The Balaban J connectivity index is 1.38. The molecule has 5 heteroatoms. The van der Waals surface area contributed by atoms with E-state index in [1.54, 1.807) is 11.3 Å². The lowest BCUT2D eigenvalue weighted by atomic mass is 10.0. The van der Waals surface area contributed by atoms with Gasteiger partial charge in [-0.05, 0) is 41.6 Å². The fourth-order valence-corrected chi connectivity index (χ4v) is 12.8. The quantitative estimate of drug-likeness (QED) is 0.190. The zero-order chi connectivity index (χ0) is 27.9. The maximum atomic E-state index is 15.1. The van der Waals surface area contributed by atoms with Crippen molar-refractivity contribution in [3.05, 3.63) is 156 Å². The Morgan fingerprint density at radius 2 is 1.05 bits per heavy atom. The molecule has 1 unspecified atom stereocenters. The summed E-state index contributed by atoms with van der Waals surface area (Å²) in [6.45, 7) is 0. The summed E-state index contributed by atoms with van der Waals surface area (Å²) in [5.41, 5.74) is 1.02. The maximum Gasteiger partial charge on any atom is 0.171 e. The highest BCUT2D eigenvalue weighted by atomic mass is 32.1. The lowest BCUT2D eigenvalue weighted by Gasteiger charge is -2.29. The van der Waals surface area contributed by atoms with Gasteiger partial charge in [0.25, 0.3) is 0 Å². The first-order valence-corrected chi connectivity index (χ1v) is 18.0. The number of hydrogen-bond acceptors (Lipinski definition) is 3. The first-order valence-electron chi connectivity index (χ1n) is 13.7. The van der Waals surface area contributed by atoms with Gasteiger partial charge >= 0.3 is 0 Å². The van der Waals surface area contributed by atoms with Gasteiger partial charge in [-0.3, -0.25) is 0 Å². The van der Waals surface area contributed by atoms with Crippen molar-refractivity contribution in [3.8, 4) is 0 Å². The molecule has 2 nitrogen and oxygen atoms in total. The third-order valence-electron chi connectivity index (χ3n) is 8.04. The fourth-order valence-electron chi connectivity index (χ4n) is 5.98. The van der Waals surface area contributed by atoms with Gasteiger partial charge in [-0.25, -0.2) is 0 Å². The molecular formula is C36H28O2P2S. The third-order valence-corrected chi connectivity index (χ3v) is 15.7. The Hall–Kier alpha value is -3.74. The predicted octanol–water partition coefficient (Wildman–Crippen LogP) is 7.49. The summed E-state index contributed by atoms with van der Waals surface area (Å²) in [5.74, 6) is 0. The minimum atomic E-state index is -3.10. The summed E-state index contributed by atoms with van der Waals surface area (Å²) in [4.78, 5) is 1.19. The van der Waals surface area contributed by atoms with Crippen molar-refractivity contribution in [1.82, 2.24) is 0 Å². The van der Waals surface area contributed by atoms with Crippen LogP contribution in [0.1, 0.15) is 10.4 Å². The first-order chi connectivity index (χ1) is 20.1. The molecule has 0 N–H and O–H groups in total. The topological polar surface area (TPSA) is 34.1 Å². The van der Waals surface area contributed by atoms with Crippen LogP contribution in [0, 0.1) is 0 Å². The summed E-state index contributed by atoms with van der Waals surface area (Å²) in [5, 5.41) is 5.33. The lowest BCUT2D eigenvalue weighted by Crippen LogP contribution is -2.27. The van der Waals surface area contributed by atoms with Gasteiger partial charge in [-0.15, -0.1) is 11.3 Å². The fraction of sp³-hybridized carbons (Fsp3) is 0.0556. The zero-order valence-corrected chi connectivity index (χ0v) is 24.9. The van der Waals surface area contributed by atoms with Gasteiger partial charge < -0.3 is 9.13 Å². The zero-order valence-electron chi connectivity index (χ0n) is 22.3. The third kappa shape index (κ3) is 4.41. The van der Waals surface area contributed by atoms with Crippen LogP contribution < -0.4 is 26.5 Å². The minimum Gasteiger partial charge on any atom is -0.313 e. The number of thiophene rings is 1. The molecular weight excluding hydrogens is 558 g/mol. The molecule has 0 amide bonds. The van der Waals surface area contributed by atoms with Gasteiger partial charge in [0, 0.05) is 41.8 Å². The lowest BCUT2D eigenvalue weighted by molar-refractivity contribution is 0.581. The molecule has 1 aliphatic carbocycles. The number of allylic oxidation sites excluding steroid dienone is 1. The number of rotatable bonds is 6. The Labute approximate surface area is 244 Å². The molecule has 0 saturated heterocycles. The molecule has 41 heavy (non-hydrogen) atoms. The predicted molar refractivity (Wildman–Crippen MR) is 178 cm³/mol. The van der Waals surface area contributed by atoms with Crippen LogP contribution >= 0.6 is 25.6 Å². The second-order valence-electron chi connectivity index (χ2n) is 10.4. The van der Waals surface area contributed by atoms with E-state index in [2.05, 4.69) is 24.3 Å². The molecule has 0 saturated carbocycles. The van der Waals surface area contributed by atoms with Crippen molar-refractivity contribution < 1.29 is 9.13 Å². The number of benzene rings is 5. The molecule has 0 fully saturated rings. The van der Waals surface area contributed by atoms with Crippen molar-refractivity contribution in [1.29, 1.82) is 0 Å². The Morgan fingerprint density at radius 3 is 1.56 bits per heavy atom. The SMILES string of the molecule is O=P(c1ccccc1)(c1ccccc1)c1ccc2sc3c(c2c1)CC(P(=O)(c1ccccc1)c1ccccc1)C=C3. The first kappa shape index (κ1) is 26.2. The molecule has 6 aromatic rings. The standard InChI is InChI=1S/C36H28O2P2S/c37-39(27-13-5-1-6-14-27,28-15-7-2-8-16-28)31-21-23-35-33(25-31)34-26-32(22-24-36(34)41-35)40(38,29-17-9-3-10-18-29)30-19-11-4-12-20-30/h1-25,32H,26H2. The molecule has 0 aliphatic heterocycles. The van der Waals surface area contributed by atoms with Crippen LogP contribution in [0.15, 0.2) is 146 Å². The maximum absolute atomic E-state index is 15.1.